The number of rotatable bonds is 6. The van der Waals surface area contributed by atoms with Crippen LogP contribution in [0.4, 0.5) is 13.2 Å². The smallest absolute Gasteiger partial charge is 0.406 e. The zero-order valence-electron chi connectivity index (χ0n) is 13.1. The first kappa shape index (κ1) is 20.3. The summed E-state index contributed by atoms with van der Waals surface area (Å²) in [6, 6.07) is 0.509. The molecule has 0 fully saturated rings. The summed E-state index contributed by atoms with van der Waals surface area (Å²) in [5, 5.41) is 10.4. The number of hydrogen-bond acceptors (Lipinski definition) is 5. The van der Waals surface area contributed by atoms with E-state index in [0.717, 1.165) is 5.48 Å². The number of alkyl halides is 3. The van der Waals surface area contributed by atoms with Crippen molar-refractivity contribution in [1.29, 1.82) is 0 Å². The minimum absolute atomic E-state index is 0.0287. The lowest BCUT2D eigenvalue weighted by Crippen LogP contribution is -2.61. The van der Waals surface area contributed by atoms with Crippen molar-refractivity contribution in [3.63, 3.8) is 0 Å². The second kappa shape index (κ2) is 8.91. The lowest BCUT2D eigenvalue weighted by Gasteiger charge is -2.25. The number of hydroxylamine groups is 1. The van der Waals surface area contributed by atoms with Gasteiger partial charge in [-0.3, -0.25) is 14.8 Å². The molecule has 25 heavy (non-hydrogen) atoms. The predicted molar refractivity (Wildman–Crippen MR) is 80.6 cm³/mol. The van der Waals surface area contributed by atoms with Gasteiger partial charge in [-0.15, -0.1) is 5.92 Å². The van der Waals surface area contributed by atoms with Crippen LogP contribution in [-0.2, 0) is 4.79 Å². The Labute approximate surface area is 141 Å². The molecule has 0 bridgehead atoms. The Morgan fingerprint density at radius 1 is 1.32 bits per heavy atom. The van der Waals surface area contributed by atoms with Gasteiger partial charge in [0.15, 0.2) is 0 Å². The fourth-order valence-corrected chi connectivity index (χ4v) is 1.70. The van der Waals surface area contributed by atoms with Gasteiger partial charge in [0.05, 0.1) is 0 Å². The van der Waals surface area contributed by atoms with Crippen molar-refractivity contribution in [3.05, 3.63) is 29.8 Å². The summed E-state index contributed by atoms with van der Waals surface area (Å²) in [5.74, 6) is 3.22. The van der Waals surface area contributed by atoms with E-state index < -0.39 is 30.1 Å². The average Bonchev–Trinajstić information content (AvgIpc) is 2.58. The van der Waals surface area contributed by atoms with E-state index in [0.29, 0.717) is 5.75 Å². The van der Waals surface area contributed by atoms with Crippen molar-refractivity contribution < 1.29 is 32.7 Å². The first-order valence-corrected chi connectivity index (χ1v) is 6.90. The number of ether oxygens (including phenoxy) is 1. The van der Waals surface area contributed by atoms with E-state index in [1.165, 1.54) is 24.3 Å². The highest BCUT2D eigenvalue weighted by atomic mass is 19.4. The van der Waals surface area contributed by atoms with E-state index in [1.807, 2.05) is 5.32 Å². The molecular formula is C15H16F3N3O4. The van der Waals surface area contributed by atoms with Crippen LogP contribution in [-0.4, -0.2) is 41.9 Å². The lowest BCUT2D eigenvalue weighted by atomic mass is 10.1. The maximum Gasteiger partial charge on any atom is 0.406 e. The number of carbonyl (C=O) groups is 2. The number of amides is 2. The summed E-state index contributed by atoms with van der Waals surface area (Å²) in [6.07, 6.45) is -4.96. The molecule has 1 aromatic carbocycles. The fraction of sp³-hybridized carbons (Fsp3) is 0.333. The molecule has 0 aromatic heterocycles. The molecule has 0 unspecified atom stereocenters. The Bertz CT molecular complexity index is 665. The number of nitrogens with one attached hydrogen (secondary N) is 2. The van der Waals surface area contributed by atoms with Gasteiger partial charge in [0.1, 0.15) is 24.4 Å². The summed E-state index contributed by atoms with van der Waals surface area (Å²) in [4.78, 5) is 23.4. The molecule has 0 spiro atoms. The van der Waals surface area contributed by atoms with E-state index in [1.54, 1.807) is 6.92 Å². The predicted octanol–water partition coefficient (Wildman–Crippen LogP) is 0.582. The molecule has 0 aliphatic rings. The maximum absolute atomic E-state index is 12.7. The topological polar surface area (TPSA) is 114 Å². The van der Waals surface area contributed by atoms with Gasteiger partial charge in [-0.2, -0.15) is 13.2 Å². The number of nitrogens with two attached hydrogens (primary N) is 1. The number of benzene rings is 1. The molecule has 0 heterocycles. The van der Waals surface area contributed by atoms with Crippen molar-refractivity contribution in [2.45, 2.75) is 25.2 Å². The molecule has 0 radical (unpaired) electrons. The first-order valence-electron chi connectivity index (χ1n) is 6.90. The van der Waals surface area contributed by atoms with E-state index >= 15 is 0 Å². The number of carbonyl (C=O) groups excluding carboxylic acids is 2. The van der Waals surface area contributed by atoms with Crippen LogP contribution in [0.3, 0.4) is 0 Å². The van der Waals surface area contributed by atoms with Crippen LogP contribution in [0.1, 0.15) is 17.3 Å². The molecule has 1 rings (SSSR count). The average molecular weight is 359 g/mol. The Kier molecular flexibility index (Phi) is 7.22. The molecule has 0 saturated heterocycles. The van der Waals surface area contributed by atoms with E-state index in [4.69, 9.17) is 15.7 Å². The van der Waals surface area contributed by atoms with Gasteiger partial charge in [-0.05, 0) is 31.2 Å². The highest BCUT2D eigenvalue weighted by Crippen LogP contribution is 2.21. The third kappa shape index (κ3) is 5.98. The fourth-order valence-electron chi connectivity index (χ4n) is 1.70. The molecule has 1 aromatic rings. The minimum Gasteiger partial charge on any atom is -0.481 e. The Morgan fingerprint density at radius 3 is 2.40 bits per heavy atom. The largest absolute Gasteiger partial charge is 0.481 e. The van der Waals surface area contributed by atoms with Crippen molar-refractivity contribution in [2.24, 2.45) is 5.73 Å². The molecule has 0 aliphatic carbocycles. The van der Waals surface area contributed by atoms with Crippen LogP contribution in [0.5, 0.6) is 5.75 Å². The van der Waals surface area contributed by atoms with Crippen molar-refractivity contribution in [2.75, 3.05) is 6.61 Å². The molecular weight excluding hydrogens is 343 g/mol. The Hall–Kier alpha value is -2.77. The summed E-state index contributed by atoms with van der Waals surface area (Å²) in [7, 11) is 0. The van der Waals surface area contributed by atoms with E-state index in [-0.39, 0.29) is 12.2 Å². The third-order valence-electron chi connectivity index (χ3n) is 3.02. The summed E-state index contributed by atoms with van der Waals surface area (Å²) >= 11 is 0. The zero-order valence-corrected chi connectivity index (χ0v) is 13.1. The number of halogens is 3. The van der Waals surface area contributed by atoms with E-state index in [2.05, 4.69) is 11.8 Å². The van der Waals surface area contributed by atoms with Crippen molar-refractivity contribution >= 4 is 11.8 Å². The minimum atomic E-state index is -4.96. The molecule has 2 atom stereocenters. The third-order valence-corrected chi connectivity index (χ3v) is 3.02. The molecule has 136 valence electrons. The summed E-state index contributed by atoms with van der Waals surface area (Å²) in [6.45, 7) is 1.78. The molecule has 0 aliphatic heterocycles. The van der Waals surface area contributed by atoms with Gasteiger partial charge >= 0.3 is 6.18 Å². The van der Waals surface area contributed by atoms with Crippen LogP contribution in [0.2, 0.25) is 0 Å². The quantitative estimate of drug-likeness (QED) is 0.337. The first-order chi connectivity index (χ1) is 11.7. The van der Waals surface area contributed by atoms with Crippen LogP contribution in [0.25, 0.3) is 0 Å². The highest BCUT2D eigenvalue weighted by Gasteiger charge is 2.45. The van der Waals surface area contributed by atoms with Gasteiger partial charge in [-0.25, -0.2) is 5.48 Å². The molecule has 0 saturated carbocycles. The maximum atomic E-state index is 12.7. The van der Waals surface area contributed by atoms with Crippen LogP contribution >= 0.6 is 0 Å². The Morgan fingerprint density at radius 2 is 1.92 bits per heavy atom. The zero-order chi connectivity index (χ0) is 19.0. The second-order valence-electron chi connectivity index (χ2n) is 4.73. The summed E-state index contributed by atoms with van der Waals surface area (Å²) < 4.78 is 43.3. The SMILES string of the molecule is CC#CCOc1ccc(C(=O)N[C@H](C(=O)NO)[C@@H](N)C(F)(F)F)cc1. The van der Waals surface area contributed by atoms with Gasteiger partial charge in [0, 0.05) is 5.56 Å². The molecule has 2 amide bonds. The van der Waals surface area contributed by atoms with Crippen LogP contribution in [0.15, 0.2) is 24.3 Å². The van der Waals surface area contributed by atoms with Crippen molar-refractivity contribution in [1.82, 2.24) is 10.8 Å². The molecule has 7 nitrogen and oxygen atoms in total. The monoisotopic (exact) mass is 359 g/mol. The van der Waals surface area contributed by atoms with Crippen molar-refractivity contribution in [3.8, 4) is 17.6 Å². The molecule has 10 heteroatoms. The second-order valence-corrected chi connectivity index (χ2v) is 4.73. The van der Waals surface area contributed by atoms with Crippen LogP contribution < -0.4 is 21.3 Å². The van der Waals surface area contributed by atoms with Gasteiger partial charge in [0.25, 0.3) is 11.8 Å². The van der Waals surface area contributed by atoms with Crippen LogP contribution in [0, 0.1) is 11.8 Å². The standard InChI is InChI=1S/C15H16F3N3O4/c1-2-3-8-25-10-6-4-9(5-7-10)13(22)20-11(14(23)21-24)12(19)15(16,17)18/h4-7,11-12,24H,8,19H2,1H3,(H,20,22)(H,21,23)/t11-,12+/m0/s1. The summed E-state index contributed by atoms with van der Waals surface area (Å²) in [5.41, 5.74) is 5.96. The molecule has 5 N–H and O–H groups in total. The van der Waals surface area contributed by atoms with Gasteiger partial charge in [-0.1, -0.05) is 5.92 Å². The Balaban J connectivity index is 2.85. The highest BCUT2D eigenvalue weighted by molar-refractivity contribution is 5.97. The lowest BCUT2D eigenvalue weighted by molar-refractivity contribution is -0.162. The normalized spacial score (nSPS) is 13.0. The number of hydrogen-bond donors (Lipinski definition) is 4. The van der Waals surface area contributed by atoms with Gasteiger partial charge < -0.3 is 15.8 Å². The van der Waals surface area contributed by atoms with Gasteiger partial charge in [0.2, 0.25) is 0 Å². The van der Waals surface area contributed by atoms with E-state index in [9.17, 15) is 22.8 Å².